The Balaban J connectivity index is 1.84. The van der Waals surface area contributed by atoms with E-state index in [1.807, 2.05) is 0 Å². The molecule has 5 heterocycles. The number of carboxylic acids is 2. The Hall–Kier alpha value is -5.04. The van der Waals surface area contributed by atoms with E-state index in [2.05, 4.69) is 9.98 Å². The zero-order chi connectivity index (χ0) is 33.7. The first kappa shape index (κ1) is 32.4. The number of carbonyl (C=O) groups is 2. The van der Waals surface area contributed by atoms with E-state index >= 15 is 0 Å². The Morgan fingerprint density at radius 3 is 1.98 bits per heavy atom. The van der Waals surface area contributed by atoms with Gasteiger partial charge in [0.2, 0.25) is 0 Å². The summed E-state index contributed by atoms with van der Waals surface area (Å²) in [5.74, 6) is -2.03. The van der Waals surface area contributed by atoms with Crippen LogP contribution in [0.3, 0.4) is 0 Å². The minimum Gasteiger partial charge on any atom is -0.515 e. The smallest absolute Gasteiger partial charge is 0.418 e. The van der Waals surface area contributed by atoms with Crippen LogP contribution in [-0.4, -0.2) is 66.8 Å². The fourth-order valence-electron chi connectivity index (χ4n) is 5.84. The molecule has 5 rings (SSSR count). The second-order valence-corrected chi connectivity index (χ2v) is 11.3. The average molecular weight is 637 g/mol. The molecule has 5 N–H and O–H groups in total. The molecule has 0 amide bonds. The van der Waals surface area contributed by atoms with Crippen LogP contribution in [0.15, 0.2) is 77.7 Å². The molecule has 0 saturated heterocycles. The maximum Gasteiger partial charge on any atom is 0.418 e. The van der Waals surface area contributed by atoms with Crippen LogP contribution in [0.2, 0.25) is 0 Å². The molecule has 4 aliphatic heterocycles. The summed E-state index contributed by atoms with van der Waals surface area (Å²) in [4.78, 5) is 40.1. The van der Waals surface area contributed by atoms with Gasteiger partial charge in [0.05, 0.1) is 45.8 Å². The molecule has 0 aliphatic carbocycles. The van der Waals surface area contributed by atoms with E-state index in [0.717, 1.165) is 6.26 Å². The minimum absolute atomic E-state index is 0.0823. The highest BCUT2D eigenvalue weighted by molar-refractivity contribution is 6.24. The Bertz CT molecular complexity index is 1990. The number of aliphatic hydroxyl groups excluding tert-OH is 2. The molecule has 1 aromatic rings. The average Bonchev–Trinajstić information content (AvgIpc) is 3.63. The highest BCUT2D eigenvalue weighted by Gasteiger charge is 2.44. The van der Waals surface area contributed by atoms with Crippen molar-refractivity contribution in [2.45, 2.75) is 65.7 Å². The van der Waals surface area contributed by atoms with Gasteiger partial charge in [-0.2, -0.15) is 13.2 Å². The van der Waals surface area contributed by atoms with Crippen LogP contribution >= 0.6 is 0 Å². The third-order valence-corrected chi connectivity index (χ3v) is 8.45. The normalized spacial score (nSPS) is 19.1. The number of halogens is 3. The Labute approximate surface area is 260 Å². The van der Waals surface area contributed by atoms with Crippen molar-refractivity contribution < 1.29 is 43.2 Å². The third kappa shape index (κ3) is 5.97. The summed E-state index contributed by atoms with van der Waals surface area (Å²) in [5, 5.41) is 40.1. The number of aromatic amines is 1. The lowest BCUT2D eigenvalue weighted by Gasteiger charge is -2.17. The van der Waals surface area contributed by atoms with Gasteiger partial charge in [0.15, 0.2) is 6.10 Å². The molecular weight excluding hydrogens is 605 g/mol. The summed E-state index contributed by atoms with van der Waals surface area (Å²) in [6.07, 6.45) is -0.912. The van der Waals surface area contributed by atoms with Gasteiger partial charge in [0.25, 0.3) is 0 Å². The molecule has 4 aliphatic rings. The first-order valence-corrected chi connectivity index (χ1v) is 14.4. The van der Waals surface area contributed by atoms with Crippen LogP contribution in [-0.2, 0) is 9.59 Å². The highest BCUT2D eigenvalue weighted by atomic mass is 19.4. The van der Waals surface area contributed by atoms with Crippen LogP contribution in [0.5, 0.6) is 0 Å². The number of nitrogens with zero attached hydrogens (tertiary/aromatic N) is 3. The molecule has 1 unspecified atom stereocenters. The lowest BCUT2D eigenvalue weighted by Crippen LogP contribution is -2.31. The number of fused-ring (bicyclic) bond motifs is 5. The molecule has 8 bridgehead atoms. The number of rotatable bonds is 7. The predicted octanol–water partition coefficient (Wildman–Crippen LogP) is 4.49. The predicted molar refractivity (Wildman–Crippen MR) is 167 cm³/mol. The Morgan fingerprint density at radius 2 is 1.37 bits per heavy atom. The molecular formula is C33H31F3N4O6. The molecule has 0 radical (unpaired) electrons. The summed E-state index contributed by atoms with van der Waals surface area (Å²) in [6.45, 7) is 6.59. The van der Waals surface area contributed by atoms with Gasteiger partial charge < -0.3 is 25.4 Å². The van der Waals surface area contributed by atoms with Gasteiger partial charge in [0, 0.05) is 29.3 Å². The van der Waals surface area contributed by atoms with E-state index in [1.165, 1.54) is 19.1 Å². The minimum atomic E-state index is -4.98. The number of allylic oxidation sites excluding steroid dienone is 7. The van der Waals surface area contributed by atoms with Crippen LogP contribution in [0.4, 0.5) is 13.2 Å². The van der Waals surface area contributed by atoms with E-state index in [9.17, 15) is 43.2 Å². The van der Waals surface area contributed by atoms with Crippen molar-refractivity contribution >= 4 is 47.5 Å². The van der Waals surface area contributed by atoms with E-state index in [0.29, 0.717) is 66.9 Å². The Kier molecular flexibility index (Phi) is 8.47. The van der Waals surface area contributed by atoms with Crippen molar-refractivity contribution in [3.05, 3.63) is 84.5 Å². The second-order valence-electron chi connectivity index (χ2n) is 11.3. The lowest BCUT2D eigenvalue weighted by atomic mass is 9.96. The zero-order valence-corrected chi connectivity index (χ0v) is 25.4. The number of hydrogen-bond acceptors (Lipinski definition) is 7. The molecule has 0 aromatic carbocycles. The molecule has 10 nitrogen and oxygen atoms in total. The maximum atomic E-state index is 13.9. The van der Waals surface area contributed by atoms with Crippen molar-refractivity contribution in [3.63, 3.8) is 0 Å². The number of aliphatic hydroxyl groups is 2. The van der Waals surface area contributed by atoms with Crippen LogP contribution in [0.1, 0.15) is 57.7 Å². The fraction of sp³-hybridized carbons (Fsp3) is 0.303. The number of hydrogen-bond donors (Lipinski definition) is 5. The maximum absolute atomic E-state index is 13.9. The van der Waals surface area contributed by atoms with E-state index in [1.54, 1.807) is 32.9 Å². The standard InChI is InChI=1S/C33H31F3N4O6/c1-14-18(5-7-29(42)43)25-12-26-19(6-8-30(44)45)15(2)22(38-26)10-27-20(13-41)16(3)23(39-27)11-28-31(32(46)33(34,35)36)17(4)24(40-28)9-21(14)37-25/h9-13,32,39,41,46H,5-8H2,1-4H3,(H,42,43)(H,44,45)/b20-13-,21-9?,26-12?,27-10?,28-11?. The van der Waals surface area contributed by atoms with Crippen molar-refractivity contribution in [2.24, 2.45) is 15.0 Å². The monoisotopic (exact) mass is 636 g/mol. The number of aliphatic carboxylic acids is 2. The van der Waals surface area contributed by atoms with Crippen molar-refractivity contribution in [1.82, 2.24) is 4.98 Å². The number of aromatic nitrogens is 1. The molecule has 1 aromatic heterocycles. The second kappa shape index (κ2) is 12.0. The van der Waals surface area contributed by atoms with Gasteiger partial charge in [-0.05, 0) is 98.3 Å². The summed E-state index contributed by atoms with van der Waals surface area (Å²) in [7, 11) is 0. The first-order valence-electron chi connectivity index (χ1n) is 14.4. The van der Waals surface area contributed by atoms with Gasteiger partial charge in [-0.15, -0.1) is 0 Å². The van der Waals surface area contributed by atoms with E-state index in [4.69, 9.17) is 9.98 Å². The van der Waals surface area contributed by atoms with Crippen molar-refractivity contribution in [3.8, 4) is 0 Å². The number of alkyl halides is 3. The van der Waals surface area contributed by atoms with Gasteiger partial charge in [-0.25, -0.2) is 15.0 Å². The molecule has 1 atom stereocenters. The molecule has 240 valence electrons. The van der Waals surface area contributed by atoms with E-state index < -0.39 is 29.8 Å². The van der Waals surface area contributed by atoms with Gasteiger partial charge in [0.1, 0.15) is 0 Å². The summed E-state index contributed by atoms with van der Waals surface area (Å²) in [5.41, 5.74) is 4.60. The zero-order valence-electron chi connectivity index (χ0n) is 25.4. The molecule has 0 fully saturated rings. The van der Waals surface area contributed by atoms with Crippen molar-refractivity contribution in [2.75, 3.05) is 0 Å². The van der Waals surface area contributed by atoms with Crippen molar-refractivity contribution in [1.29, 1.82) is 0 Å². The number of nitrogens with one attached hydrogen (secondary N) is 1. The lowest BCUT2D eigenvalue weighted by molar-refractivity contribution is -0.190. The molecule has 13 heteroatoms. The first-order chi connectivity index (χ1) is 21.6. The van der Waals surface area contributed by atoms with Crippen LogP contribution in [0.25, 0.3) is 18.4 Å². The third-order valence-electron chi connectivity index (χ3n) is 8.45. The highest BCUT2D eigenvalue weighted by Crippen LogP contribution is 2.39. The summed E-state index contributed by atoms with van der Waals surface area (Å²) in [6, 6.07) is 0. The largest absolute Gasteiger partial charge is 0.515 e. The summed E-state index contributed by atoms with van der Waals surface area (Å²) >= 11 is 0. The number of carboxylic acid groups (broad SMARTS) is 2. The van der Waals surface area contributed by atoms with Gasteiger partial charge >= 0.3 is 18.1 Å². The topological polar surface area (TPSA) is 168 Å². The summed E-state index contributed by atoms with van der Waals surface area (Å²) < 4.78 is 41.6. The van der Waals surface area contributed by atoms with Crippen LogP contribution in [0, 0.1) is 6.92 Å². The molecule has 0 spiro atoms. The van der Waals surface area contributed by atoms with E-state index in [-0.39, 0.29) is 42.7 Å². The molecule has 46 heavy (non-hydrogen) atoms. The SMILES string of the molecule is CC1=C(CCC(=O)O)C2=CC3=NC(=CC4=NC(=Cc5[nH]c(/c(=C\O)c5C)=CC1=N2)C(C(O)C(F)(F)F)=C4C)C(C)=C3CCC(=O)O. The Morgan fingerprint density at radius 1 is 0.804 bits per heavy atom. The van der Waals surface area contributed by atoms with Gasteiger partial charge in [-0.1, -0.05) is 0 Å². The number of aliphatic imine (C=N–C) groups is 3. The quantitative estimate of drug-likeness (QED) is 0.296. The molecule has 0 saturated carbocycles. The van der Waals surface area contributed by atoms with Gasteiger partial charge in [-0.3, -0.25) is 9.59 Å². The fourth-order valence-corrected chi connectivity index (χ4v) is 5.84. The van der Waals surface area contributed by atoms with Crippen LogP contribution < -0.4 is 10.6 Å². The number of H-pyrrole nitrogens is 1.